The Morgan fingerprint density at radius 2 is 2.40 bits per heavy atom. The highest BCUT2D eigenvalue weighted by molar-refractivity contribution is 6.16. The van der Waals surface area contributed by atoms with Crippen LogP contribution in [0.15, 0.2) is 17.1 Å². The van der Waals surface area contributed by atoms with E-state index < -0.39 is 11.2 Å². The second-order valence-electron chi connectivity index (χ2n) is 1.80. The van der Waals surface area contributed by atoms with Crippen LogP contribution in [0.2, 0.25) is 0 Å². The van der Waals surface area contributed by atoms with E-state index in [2.05, 4.69) is 4.98 Å². The van der Waals surface area contributed by atoms with Gasteiger partial charge < -0.3 is 4.98 Å². The molecule has 0 aliphatic rings. The fourth-order valence-electron chi connectivity index (χ4n) is 0.573. The van der Waals surface area contributed by atoms with Gasteiger partial charge in [-0.2, -0.15) is 0 Å². The first-order valence-corrected chi connectivity index (χ1v) is 3.20. The first-order valence-electron chi connectivity index (χ1n) is 2.67. The number of hydrogen-bond acceptors (Lipinski definition) is 1. The third-order valence-corrected chi connectivity index (χ3v) is 1.36. The maximum atomic E-state index is 12.2. The Morgan fingerprint density at radius 3 is 2.90 bits per heavy atom. The van der Waals surface area contributed by atoms with E-state index >= 15 is 0 Å². The standard InChI is InChI=1S/C6H5ClFNO/c7-2-4-1-6(10)5(8)3-9-4/h1,3H,2H2,(H,9,10). The van der Waals surface area contributed by atoms with Crippen LogP contribution in [0.3, 0.4) is 0 Å². The fraction of sp³-hybridized carbons (Fsp3) is 0.167. The first kappa shape index (κ1) is 7.28. The molecule has 0 bridgehead atoms. The molecule has 1 rings (SSSR count). The topological polar surface area (TPSA) is 32.9 Å². The van der Waals surface area contributed by atoms with Gasteiger partial charge in [-0.05, 0) is 0 Å². The smallest absolute Gasteiger partial charge is 0.217 e. The van der Waals surface area contributed by atoms with Crippen molar-refractivity contribution in [2.75, 3.05) is 0 Å². The molecule has 0 spiro atoms. The monoisotopic (exact) mass is 161 g/mol. The van der Waals surface area contributed by atoms with Crippen LogP contribution in [0.25, 0.3) is 0 Å². The molecule has 4 heteroatoms. The molecule has 54 valence electrons. The van der Waals surface area contributed by atoms with Gasteiger partial charge in [0.05, 0.1) is 5.88 Å². The van der Waals surface area contributed by atoms with Gasteiger partial charge in [-0.3, -0.25) is 4.79 Å². The predicted octanol–water partition coefficient (Wildman–Crippen LogP) is 1.25. The third-order valence-electron chi connectivity index (χ3n) is 1.07. The summed E-state index contributed by atoms with van der Waals surface area (Å²) in [4.78, 5) is 13.1. The summed E-state index contributed by atoms with van der Waals surface area (Å²) in [5, 5.41) is 0. The zero-order valence-electron chi connectivity index (χ0n) is 5.03. The molecule has 1 aromatic heterocycles. The van der Waals surface area contributed by atoms with Crippen molar-refractivity contribution in [3.05, 3.63) is 34.0 Å². The molecule has 0 aliphatic heterocycles. The van der Waals surface area contributed by atoms with Gasteiger partial charge in [0.25, 0.3) is 0 Å². The SMILES string of the molecule is O=c1cc(CCl)[nH]cc1F. The number of halogens is 2. The van der Waals surface area contributed by atoms with E-state index in [-0.39, 0.29) is 5.88 Å². The number of alkyl halides is 1. The van der Waals surface area contributed by atoms with Crippen LogP contribution in [-0.4, -0.2) is 4.98 Å². The van der Waals surface area contributed by atoms with Crippen molar-refractivity contribution in [1.29, 1.82) is 0 Å². The van der Waals surface area contributed by atoms with Gasteiger partial charge >= 0.3 is 0 Å². The fourth-order valence-corrected chi connectivity index (χ4v) is 0.727. The number of aromatic amines is 1. The molecule has 0 aliphatic carbocycles. The van der Waals surface area contributed by atoms with Crippen molar-refractivity contribution in [1.82, 2.24) is 4.98 Å². The molecule has 1 heterocycles. The van der Waals surface area contributed by atoms with Crippen LogP contribution in [0.5, 0.6) is 0 Å². The van der Waals surface area contributed by atoms with Crippen molar-refractivity contribution in [3.8, 4) is 0 Å². The second kappa shape index (κ2) is 2.84. The van der Waals surface area contributed by atoms with Crippen molar-refractivity contribution >= 4 is 11.6 Å². The molecule has 2 nitrogen and oxygen atoms in total. The van der Waals surface area contributed by atoms with Gasteiger partial charge in [-0.1, -0.05) is 0 Å². The molecule has 0 fully saturated rings. The molecule has 10 heavy (non-hydrogen) atoms. The predicted molar refractivity (Wildman–Crippen MR) is 36.6 cm³/mol. The zero-order chi connectivity index (χ0) is 7.56. The van der Waals surface area contributed by atoms with E-state index in [0.29, 0.717) is 5.69 Å². The summed E-state index contributed by atoms with van der Waals surface area (Å²) in [5.74, 6) is -0.593. The van der Waals surface area contributed by atoms with Crippen molar-refractivity contribution in [3.63, 3.8) is 0 Å². The van der Waals surface area contributed by atoms with E-state index in [1.165, 1.54) is 0 Å². The van der Waals surface area contributed by atoms with Crippen LogP contribution in [0, 0.1) is 5.82 Å². The number of hydrogen-bond donors (Lipinski definition) is 1. The molecule has 1 N–H and O–H groups in total. The zero-order valence-corrected chi connectivity index (χ0v) is 5.78. The number of rotatable bonds is 1. The molecule has 0 aromatic carbocycles. The highest BCUT2D eigenvalue weighted by Crippen LogP contribution is 1.95. The van der Waals surface area contributed by atoms with Crippen LogP contribution >= 0.6 is 11.6 Å². The lowest BCUT2D eigenvalue weighted by molar-refractivity contribution is 0.609. The summed E-state index contributed by atoms with van der Waals surface area (Å²) in [5.41, 5.74) is -0.109. The number of aromatic nitrogens is 1. The highest BCUT2D eigenvalue weighted by Gasteiger charge is 1.96. The molecule has 0 amide bonds. The van der Waals surface area contributed by atoms with E-state index in [4.69, 9.17) is 11.6 Å². The number of nitrogens with one attached hydrogen (secondary N) is 1. The third kappa shape index (κ3) is 1.36. The summed E-state index contributed by atoms with van der Waals surface area (Å²) >= 11 is 5.36. The van der Waals surface area contributed by atoms with Crippen molar-refractivity contribution in [2.24, 2.45) is 0 Å². The molecule has 1 aromatic rings. The second-order valence-corrected chi connectivity index (χ2v) is 2.07. The van der Waals surface area contributed by atoms with Gasteiger partial charge in [0.15, 0.2) is 5.82 Å². The van der Waals surface area contributed by atoms with Crippen LogP contribution < -0.4 is 5.43 Å². The maximum Gasteiger partial charge on any atom is 0.217 e. The largest absolute Gasteiger partial charge is 0.361 e. The minimum Gasteiger partial charge on any atom is -0.361 e. The molecule has 0 radical (unpaired) electrons. The Hall–Kier alpha value is -0.830. The molecular weight excluding hydrogens is 157 g/mol. The molecule has 0 atom stereocenters. The summed E-state index contributed by atoms with van der Waals surface area (Å²) in [6.07, 6.45) is 1.00. The normalized spacial score (nSPS) is 9.80. The van der Waals surface area contributed by atoms with E-state index in [9.17, 15) is 9.18 Å². The lowest BCUT2D eigenvalue weighted by atomic mass is 10.4. The van der Waals surface area contributed by atoms with E-state index in [1.807, 2.05) is 0 Å². The Kier molecular flexibility index (Phi) is 2.06. The Morgan fingerprint density at radius 1 is 1.70 bits per heavy atom. The highest BCUT2D eigenvalue weighted by atomic mass is 35.5. The lowest BCUT2D eigenvalue weighted by Crippen LogP contribution is -2.06. The summed E-state index contributed by atoms with van der Waals surface area (Å²) in [6, 6.07) is 1.14. The lowest BCUT2D eigenvalue weighted by Gasteiger charge is -1.92. The minimum atomic E-state index is -0.783. The van der Waals surface area contributed by atoms with Gasteiger partial charge in [0.2, 0.25) is 5.43 Å². The van der Waals surface area contributed by atoms with Crippen LogP contribution in [0.1, 0.15) is 5.69 Å². The van der Waals surface area contributed by atoms with Crippen molar-refractivity contribution in [2.45, 2.75) is 5.88 Å². The van der Waals surface area contributed by atoms with Gasteiger partial charge in [0.1, 0.15) is 0 Å². The molecule has 0 saturated heterocycles. The molecule has 0 saturated carbocycles. The summed E-state index contributed by atoms with van der Waals surface area (Å²) < 4.78 is 12.2. The molecule has 0 unspecified atom stereocenters. The number of pyridine rings is 1. The van der Waals surface area contributed by atoms with Crippen LogP contribution in [0.4, 0.5) is 4.39 Å². The minimum absolute atomic E-state index is 0.190. The van der Waals surface area contributed by atoms with E-state index in [1.54, 1.807) is 0 Å². The van der Waals surface area contributed by atoms with Gasteiger partial charge in [-0.25, -0.2) is 4.39 Å². The summed E-state index contributed by atoms with van der Waals surface area (Å²) in [6.45, 7) is 0. The average molecular weight is 162 g/mol. The average Bonchev–Trinajstić information content (AvgIpc) is 1.95. The first-order chi connectivity index (χ1) is 4.74. The van der Waals surface area contributed by atoms with Crippen molar-refractivity contribution < 1.29 is 4.39 Å². The van der Waals surface area contributed by atoms with E-state index in [0.717, 1.165) is 12.3 Å². The quantitative estimate of drug-likeness (QED) is 0.618. The van der Waals surface area contributed by atoms with Crippen LogP contribution in [-0.2, 0) is 5.88 Å². The Bertz CT molecular complexity index is 283. The maximum absolute atomic E-state index is 12.2. The van der Waals surface area contributed by atoms with Gasteiger partial charge in [0, 0.05) is 18.0 Å². The number of H-pyrrole nitrogens is 1. The Balaban J connectivity index is 3.17. The molecular formula is C6H5ClFNO. The Labute approximate surface area is 61.6 Å². The summed E-state index contributed by atoms with van der Waals surface area (Å²) in [7, 11) is 0. The van der Waals surface area contributed by atoms with Gasteiger partial charge in [-0.15, -0.1) is 11.6 Å².